The third kappa shape index (κ3) is 5.74. The van der Waals surface area contributed by atoms with Crippen LogP contribution in [0.1, 0.15) is 25.0 Å². The number of carbonyl (C=O) groups is 1. The second kappa shape index (κ2) is 10.5. The number of nitrogens with zero attached hydrogens (tertiary/aromatic N) is 3. The second-order valence-electron chi connectivity index (χ2n) is 8.32. The first kappa shape index (κ1) is 25.6. The van der Waals surface area contributed by atoms with Gasteiger partial charge in [-0.05, 0) is 42.8 Å². The standard InChI is InChI=1S/C26H29F2N5O2/c1-7-23(34)31-22-14-19(12-11-17(22)4)33(5)24-21(26(27,28)16(2)3)15-29-25(32-24)30-18-9-8-10-20(13-18)35-6/h7-16H,1H2,2-6H3,(H,31,34)(H,29,30,32). The second-order valence-corrected chi connectivity index (χ2v) is 8.32. The maximum Gasteiger partial charge on any atom is 0.280 e. The molecular formula is C26H29F2N5O2. The molecule has 0 aliphatic rings. The van der Waals surface area contributed by atoms with Gasteiger partial charge in [0.25, 0.3) is 5.92 Å². The molecule has 3 rings (SSSR count). The molecule has 0 aliphatic carbocycles. The molecule has 9 heteroatoms. The third-order valence-electron chi connectivity index (χ3n) is 5.55. The smallest absolute Gasteiger partial charge is 0.280 e. The van der Waals surface area contributed by atoms with Crippen LogP contribution >= 0.6 is 0 Å². The molecule has 0 unspecified atom stereocenters. The SMILES string of the molecule is C=CC(=O)Nc1cc(N(C)c2nc(Nc3cccc(OC)c3)ncc2C(F)(F)C(C)C)ccc1C. The van der Waals surface area contributed by atoms with Gasteiger partial charge in [-0.25, -0.2) is 13.8 Å². The summed E-state index contributed by atoms with van der Waals surface area (Å²) < 4.78 is 35.7. The van der Waals surface area contributed by atoms with Crippen LogP contribution in [0.15, 0.2) is 61.3 Å². The molecule has 3 aromatic rings. The van der Waals surface area contributed by atoms with Crippen LogP contribution < -0.4 is 20.3 Å². The van der Waals surface area contributed by atoms with Gasteiger partial charge >= 0.3 is 0 Å². The molecule has 2 aromatic carbocycles. The lowest BCUT2D eigenvalue weighted by Crippen LogP contribution is -2.26. The third-order valence-corrected chi connectivity index (χ3v) is 5.55. The van der Waals surface area contributed by atoms with E-state index in [-0.39, 0.29) is 23.2 Å². The lowest BCUT2D eigenvalue weighted by molar-refractivity contribution is -0.111. The summed E-state index contributed by atoms with van der Waals surface area (Å²) in [6.07, 6.45) is 2.31. The number of aryl methyl sites for hydroxylation is 1. The van der Waals surface area contributed by atoms with E-state index in [0.717, 1.165) is 17.8 Å². The fourth-order valence-electron chi connectivity index (χ4n) is 3.32. The number of carbonyl (C=O) groups excluding carboxylic acids is 1. The molecule has 0 spiro atoms. The number of alkyl halides is 2. The van der Waals surface area contributed by atoms with E-state index in [9.17, 15) is 4.79 Å². The van der Waals surface area contributed by atoms with Crippen molar-refractivity contribution in [3.05, 3.63) is 72.4 Å². The maximum absolute atomic E-state index is 15.2. The highest BCUT2D eigenvalue weighted by Gasteiger charge is 2.40. The van der Waals surface area contributed by atoms with Crippen molar-refractivity contribution in [1.29, 1.82) is 0 Å². The molecule has 0 atom stereocenters. The molecule has 35 heavy (non-hydrogen) atoms. The van der Waals surface area contributed by atoms with Gasteiger partial charge in [-0.15, -0.1) is 0 Å². The minimum atomic E-state index is -3.18. The van der Waals surface area contributed by atoms with Gasteiger partial charge in [0, 0.05) is 42.3 Å². The van der Waals surface area contributed by atoms with Gasteiger partial charge in [0.15, 0.2) is 0 Å². The molecule has 1 aromatic heterocycles. The molecule has 2 N–H and O–H groups in total. The summed E-state index contributed by atoms with van der Waals surface area (Å²) in [5, 5.41) is 5.78. The van der Waals surface area contributed by atoms with E-state index in [1.165, 1.54) is 13.8 Å². The van der Waals surface area contributed by atoms with Crippen molar-refractivity contribution < 1.29 is 18.3 Å². The van der Waals surface area contributed by atoms with E-state index in [1.54, 1.807) is 61.5 Å². The number of nitrogens with one attached hydrogen (secondary N) is 2. The van der Waals surface area contributed by atoms with Crippen LogP contribution in [0, 0.1) is 12.8 Å². The first-order chi connectivity index (χ1) is 16.6. The summed E-state index contributed by atoms with van der Waals surface area (Å²) in [5.74, 6) is -3.71. The number of hydrogen-bond donors (Lipinski definition) is 2. The quantitative estimate of drug-likeness (QED) is 0.356. The summed E-state index contributed by atoms with van der Waals surface area (Å²) >= 11 is 0. The van der Waals surface area contributed by atoms with Crippen molar-refractivity contribution in [2.45, 2.75) is 26.7 Å². The summed E-state index contributed by atoms with van der Waals surface area (Å²) in [4.78, 5) is 22.0. The van der Waals surface area contributed by atoms with Gasteiger partial charge in [0.05, 0.1) is 12.7 Å². The fraction of sp³-hybridized carbons (Fsp3) is 0.269. The molecule has 0 saturated carbocycles. The van der Waals surface area contributed by atoms with Gasteiger partial charge in [0.1, 0.15) is 11.6 Å². The predicted molar refractivity (Wildman–Crippen MR) is 135 cm³/mol. The number of anilines is 5. The molecule has 1 heterocycles. The molecule has 7 nitrogen and oxygen atoms in total. The van der Waals surface area contributed by atoms with Crippen molar-refractivity contribution in [2.24, 2.45) is 5.92 Å². The summed E-state index contributed by atoms with van der Waals surface area (Å²) in [6.45, 7) is 8.19. The zero-order chi connectivity index (χ0) is 25.8. The van der Waals surface area contributed by atoms with Gasteiger partial charge in [-0.3, -0.25) is 4.79 Å². The molecule has 0 saturated heterocycles. The summed E-state index contributed by atoms with van der Waals surface area (Å²) in [6, 6.07) is 12.4. The number of amides is 1. The Kier molecular flexibility index (Phi) is 7.68. The van der Waals surface area contributed by atoms with E-state index in [1.807, 2.05) is 6.92 Å². The first-order valence-corrected chi connectivity index (χ1v) is 11.0. The van der Waals surface area contributed by atoms with Crippen molar-refractivity contribution in [1.82, 2.24) is 9.97 Å². The first-order valence-electron chi connectivity index (χ1n) is 11.0. The van der Waals surface area contributed by atoms with E-state index in [4.69, 9.17) is 4.74 Å². The monoisotopic (exact) mass is 481 g/mol. The lowest BCUT2D eigenvalue weighted by Gasteiger charge is -2.28. The average Bonchev–Trinajstić information content (AvgIpc) is 2.84. The molecule has 0 fully saturated rings. The minimum Gasteiger partial charge on any atom is -0.497 e. The number of ether oxygens (including phenoxy) is 1. The van der Waals surface area contributed by atoms with E-state index < -0.39 is 11.8 Å². The Bertz CT molecular complexity index is 1230. The van der Waals surface area contributed by atoms with Gasteiger partial charge in [-0.1, -0.05) is 32.6 Å². The Morgan fingerprint density at radius 2 is 1.97 bits per heavy atom. The van der Waals surface area contributed by atoms with Crippen LogP contribution in [0.3, 0.4) is 0 Å². The zero-order valence-corrected chi connectivity index (χ0v) is 20.4. The Morgan fingerprint density at radius 3 is 2.63 bits per heavy atom. The minimum absolute atomic E-state index is 0.0361. The van der Waals surface area contributed by atoms with Crippen molar-refractivity contribution >= 4 is 34.7 Å². The van der Waals surface area contributed by atoms with E-state index >= 15 is 8.78 Å². The van der Waals surface area contributed by atoms with E-state index in [0.29, 0.717) is 22.8 Å². The van der Waals surface area contributed by atoms with Gasteiger partial charge in [0.2, 0.25) is 11.9 Å². The Balaban J connectivity index is 2.08. The highest BCUT2D eigenvalue weighted by molar-refractivity contribution is 5.99. The molecule has 0 aliphatic heterocycles. The van der Waals surface area contributed by atoms with Crippen molar-refractivity contribution in [2.75, 3.05) is 29.7 Å². The summed E-state index contributed by atoms with van der Waals surface area (Å²) in [7, 11) is 3.19. The van der Waals surface area contributed by atoms with Gasteiger partial charge in [-0.2, -0.15) is 4.98 Å². The normalized spacial score (nSPS) is 11.2. The number of halogens is 2. The number of methoxy groups -OCH3 is 1. The van der Waals surface area contributed by atoms with Crippen molar-refractivity contribution in [3.8, 4) is 5.75 Å². The predicted octanol–water partition coefficient (Wildman–Crippen LogP) is 6.18. The molecular weight excluding hydrogens is 452 g/mol. The highest BCUT2D eigenvalue weighted by atomic mass is 19.3. The number of rotatable bonds is 9. The number of hydrogen-bond acceptors (Lipinski definition) is 6. The van der Waals surface area contributed by atoms with Crippen LogP contribution in [0.5, 0.6) is 5.75 Å². The van der Waals surface area contributed by atoms with Gasteiger partial charge < -0.3 is 20.3 Å². The number of aromatic nitrogens is 2. The number of benzene rings is 2. The Labute approximate surface area is 203 Å². The molecule has 184 valence electrons. The molecule has 0 radical (unpaired) electrons. The van der Waals surface area contributed by atoms with Crippen LogP contribution in [0.4, 0.5) is 37.6 Å². The van der Waals surface area contributed by atoms with Crippen LogP contribution in [-0.4, -0.2) is 30.0 Å². The summed E-state index contributed by atoms with van der Waals surface area (Å²) in [5.41, 5.74) is 2.25. The lowest BCUT2D eigenvalue weighted by atomic mass is 9.99. The molecule has 0 bridgehead atoms. The van der Waals surface area contributed by atoms with Crippen LogP contribution in [0.25, 0.3) is 0 Å². The molecule has 1 amide bonds. The van der Waals surface area contributed by atoms with E-state index in [2.05, 4.69) is 27.2 Å². The largest absolute Gasteiger partial charge is 0.497 e. The maximum atomic E-state index is 15.2. The topological polar surface area (TPSA) is 79.4 Å². The highest BCUT2D eigenvalue weighted by Crippen LogP contribution is 2.42. The Morgan fingerprint density at radius 1 is 1.23 bits per heavy atom. The van der Waals surface area contributed by atoms with Crippen LogP contribution in [-0.2, 0) is 10.7 Å². The average molecular weight is 482 g/mol. The van der Waals surface area contributed by atoms with Crippen LogP contribution in [0.2, 0.25) is 0 Å². The fourth-order valence-corrected chi connectivity index (χ4v) is 3.32. The Hall–Kier alpha value is -4.01. The van der Waals surface area contributed by atoms with Crippen molar-refractivity contribution in [3.63, 3.8) is 0 Å². The zero-order valence-electron chi connectivity index (χ0n) is 20.4.